The molecule has 2 aromatic carbocycles. The van der Waals surface area contributed by atoms with Gasteiger partial charge in [0.1, 0.15) is 11.6 Å². The normalized spacial score (nSPS) is 28.5. The molecule has 2 aromatic rings. The van der Waals surface area contributed by atoms with Gasteiger partial charge in [-0.2, -0.15) is 22.0 Å². The van der Waals surface area contributed by atoms with Gasteiger partial charge in [-0.3, -0.25) is 0 Å². The molecule has 3 saturated carbocycles. The zero-order valence-corrected chi connectivity index (χ0v) is 26.0. The zero-order chi connectivity index (χ0) is 31.3. The molecular weight excluding hydrogens is 574 g/mol. The van der Waals surface area contributed by atoms with Gasteiger partial charge in [0.2, 0.25) is 0 Å². The number of ether oxygens (including phenoxy) is 1. The minimum absolute atomic E-state index is 0.0275. The summed E-state index contributed by atoms with van der Waals surface area (Å²) in [4.78, 5) is 0. The van der Waals surface area contributed by atoms with E-state index in [1.807, 2.05) is 0 Å². The lowest BCUT2D eigenvalue weighted by Crippen LogP contribution is -2.38. The quantitative estimate of drug-likeness (QED) is 0.189. The predicted molar refractivity (Wildman–Crippen MR) is 163 cm³/mol. The highest BCUT2D eigenvalue weighted by atomic mass is 19.4. The number of benzene rings is 2. The van der Waals surface area contributed by atoms with Crippen LogP contribution >= 0.6 is 0 Å². The Bertz CT molecular complexity index is 1170. The Morgan fingerprint density at radius 1 is 0.659 bits per heavy atom. The molecule has 0 heterocycles. The molecule has 0 atom stereocenters. The molecule has 5 rings (SSSR count). The second-order valence-corrected chi connectivity index (χ2v) is 13.9. The van der Waals surface area contributed by atoms with Gasteiger partial charge in [-0.25, -0.2) is 4.39 Å². The summed E-state index contributed by atoms with van der Waals surface area (Å²) in [6.45, 7) is 2.27. The van der Waals surface area contributed by atoms with E-state index >= 15 is 8.78 Å². The van der Waals surface area contributed by atoms with Gasteiger partial charge in [-0.1, -0.05) is 57.6 Å². The highest BCUT2D eigenvalue weighted by molar-refractivity contribution is 5.65. The first-order valence-corrected chi connectivity index (χ1v) is 17.1. The van der Waals surface area contributed by atoms with Crippen molar-refractivity contribution in [3.05, 3.63) is 53.8 Å². The van der Waals surface area contributed by atoms with Gasteiger partial charge in [0.25, 0.3) is 0 Å². The van der Waals surface area contributed by atoms with Crippen LogP contribution in [0, 0.1) is 41.3 Å². The molecular formula is C37H48F6O. The average Bonchev–Trinajstić information content (AvgIpc) is 3.01. The lowest BCUT2D eigenvalue weighted by atomic mass is 9.65. The fourth-order valence-electron chi connectivity index (χ4n) is 8.52. The minimum atomic E-state index is -4.49. The van der Waals surface area contributed by atoms with Crippen molar-refractivity contribution in [1.29, 1.82) is 0 Å². The van der Waals surface area contributed by atoms with E-state index in [0.29, 0.717) is 24.7 Å². The molecule has 3 aliphatic rings. The maximum absolute atomic E-state index is 15.2. The minimum Gasteiger partial charge on any atom is -0.432 e. The Balaban J connectivity index is 1.06. The lowest BCUT2D eigenvalue weighted by molar-refractivity contribution is -0.224. The Kier molecular flexibility index (Phi) is 10.9. The smallest absolute Gasteiger partial charge is 0.416 e. The van der Waals surface area contributed by atoms with Crippen LogP contribution in [-0.2, 0) is 6.18 Å². The Morgan fingerprint density at radius 2 is 1.18 bits per heavy atom. The van der Waals surface area contributed by atoms with Gasteiger partial charge in [-0.15, -0.1) is 0 Å². The van der Waals surface area contributed by atoms with Crippen molar-refractivity contribution < 1.29 is 31.1 Å². The summed E-state index contributed by atoms with van der Waals surface area (Å²) in [6, 6.07) is 7.50. The maximum Gasteiger partial charge on any atom is 0.416 e. The summed E-state index contributed by atoms with van der Waals surface area (Å²) in [5, 5.41) is 0. The second-order valence-electron chi connectivity index (χ2n) is 13.9. The third kappa shape index (κ3) is 8.34. The van der Waals surface area contributed by atoms with Crippen molar-refractivity contribution in [2.45, 2.75) is 122 Å². The topological polar surface area (TPSA) is 9.23 Å². The zero-order valence-electron chi connectivity index (χ0n) is 26.0. The van der Waals surface area contributed by atoms with Gasteiger partial charge in [-0.05, 0) is 124 Å². The molecule has 0 saturated heterocycles. The van der Waals surface area contributed by atoms with Crippen molar-refractivity contribution >= 4 is 0 Å². The van der Waals surface area contributed by atoms with Crippen LogP contribution in [0.4, 0.5) is 26.3 Å². The van der Waals surface area contributed by atoms with Crippen molar-refractivity contribution in [3.63, 3.8) is 0 Å². The highest BCUT2D eigenvalue weighted by Gasteiger charge is 2.45. The molecule has 0 aromatic heterocycles. The molecule has 3 fully saturated rings. The van der Waals surface area contributed by atoms with Gasteiger partial charge in [0.05, 0.1) is 11.5 Å². The maximum atomic E-state index is 15.2. The Morgan fingerprint density at radius 3 is 1.68 bits per heavy atom. The molecule has 244 valence electrons. The molecule has 7 heteroatoms. The number of hydrogen-bond acceptors (Lipinski definition) is 1. The summed E-state index contributed by atoms with van der Waals surface area (Å²) in [7, 11) is 0. The van der Waals surface area contributed by atoms with Gasteiger partial charge in [0, 0.05) is 11.6 Å². The largest absolute Gasteiger partial charge is 0.432 e. The first-order valence-electron chi connectivity index (χ1n) is 17.1. The van der Waals surface area contributed by atoms with Crippen molar-refractivity contribution in [2.24, 2.45) is 35.5 Å². The highest BCUT2D eigenvalue weighted by Crippen LogP contribution is 2.48. The van der Waals surface area contributed by atoms with Crippen LogP contribution < -0.4 is 4.74 Å². The summed E-state index contributed by atoms with van der Waals surface area (Å²) in [6.07, 6.45) is 10.6. The summed E-state index contributed by atoms with van der Waals surface area (Å²) < 4.78 is 88.8. The first kappa shape index (κ1) is 33.2. The Hall–Kier alpha value is -2.18. The summed E-state index contributed by atoms with van der Waals surface area (Å²) in [5.74, 6) is 1.80. The summed E-state index contributed by atoms with van der Waals surface area (Å²) in [5.41, 5.74) is -0.583. The summed E-state index contributed by atoms with van der Waals surface area (Å²) >= 11 is 0. The molecule has 0 radical (unpaired) electrons. The van der Waals surface area contributed by atoms with Crippen LogP contribution in [-0.4, -0.2) is 6.11 Å². The molecule has 3 aliphatic carbocycles. The standard InChI is InChI=1S/C37H48F6O/c1-2-3-4-5-25-6-8-26(9-7-25)27-10-12-28(13-11-27)29-14-20-32(21-15-29)37(42,43)44-33-22-23-34(35(38)24-33)30-16-18-31(19-17-30)36(39,40)41/h16-19,22-29,32H,2-15,20-21H2,1H3. The number of unbranched alkanes of at least 4 members (excludes halogenated alkanes) is 2. The van der Waals surface area contributed by atoms with E-state index in [2.05, 4.69) is 6.92 Å². The first-order chi connectivity index (χ1) is 21.0. The van der Waals surface area contributed by atoms with E-state index in [-0.39, 0.29) is 16.9 Å². The van der Waals surface area contributed by atoms with Crippen LogP contribution in [0.5, 0.6) is 5.75 Å². The molecule has 0 unspecified atom stereocenters. The van der Waals surface area contributed by atoms with Crippen LogP contribution in [0.1, 0.15) is 115 Å². The average molecular weight is 623 g/mol. The van der Waals surface area contributed by atoms with Crippen LogP contribution in [0.15, 0.2) is 42.5 Å². The van der Waals surface area contributed by atoms with Crippen molar-refractivity contribution in [2.75, 3.05) is 0 Å². The lowest BCUT2D eigenvalue weighted by Gasteiger charge is -2.42. The number of halogens is 6. The van der Waals surface area contributed by atoms with E-state index in [1.54, 1.807) is 0 Å². The van der Waals surface area contributed by atoms with E-state index in [9.17, 15) is 17.6 Å². The monoisotopic (exact) mass is 622 g/mol. The second kappa shape index (κ2) is 14.5. The van der Waals surface area contributed by atoms with Gasteiger partial charge < -0.3 is 4.74 Å². The van der Waals surface area contributed by atoms with Crippen LogP contribution in [0.25, 0.3) is 11.1 Å². The van der Waals surface area contributed by atoms with E-state index in [4.69, 9.17) is 4.74 Å². The molecule has 1 nitrogen and oxygen atoms in total. The van der Waals surface area contributed by atoms with Crippen molar-refractivity contribution in [3.8, 4) is 16.9 Å². The Labute approximate surface area is 259 Å². The molecule has 0 spiro atoms. The van der Waals surface area contributed by atoms with Crippen LogP contribution in [0.3, 0.4) is 0 Å². The molecule has 44 heavy (non-hydrogen) atoms. The molecule has 0 bridgehead atoms. The van der Waals surface area contributed by atoms with E-state index in [0.717, 1.165) is 48.8 Å². The molecule has 0 aliphatic heterocycles. The SMILES string of the molecule is CCCCCC1CCC(C2CCC(C3CCC(C(F)(F)Oc4ccc(-c5ccc(C(F)(F)F)cc5)c(F)c4)CC3)CC2)CC1. The predicted octanol–water partition coefficient (Wildman–Crippen LogP) is 12.5. The third-order valence-electron chi connectivity index (χ3n) is 11.2. The fourth-order valence-corrected chi connectivity index (χ4v) is 8.52. The van der Waals surface area contributed by atoms with Crippen LogP contribution in [0.2, 0.25) is 0 Å². The molecule has 0 amide bonds. The number of rotatable bonds is 10. The van der Waals surface area contributed by atoms with E-state index in [1.165, 1.54) is 101 Å². The fraction of sp³-hybridized carbons (Fsp3) is 0.676. The van der Waals surface area contributed by atoms with Gasteiger partial charge >= 0.3 is 12.3 Å². The van der Waals surface area contributed by atoms with Crippen molar-refractivity contribution in [1.82, 2.24) is 0 Å². The third-order valence-corrected chi connectivity index (χ3v) is 11.2. The molecule has 0 N–H and O–H groups in total. The van der Waals surface area contributed by atoms with Gasteiger partial charge in [0.15, 0.2) is 0 Å². The number of alkyl halides is 5. The van der Waals surface area contributed by atoms with E-state index < -0.39 is 29.6 Å². The number of hydrogen-bond donors (Lipinski definition) is 0.